The second kappa shape index (κ2) is 39.4. The van der Waals surface area contributed by atoms with Crippen molar-refractivity contribution in [3.8, 4) is 0 Å². The van der Waals surface area contributed by atoms with Gasteiger partial charge in [0.05, 0.1) is 0 Å². The minimum Gasteiger partial charge on any atom is -0.550 e. The summed E-state index contributed by atoms with van der Waals surface area (Å²) in [6, 6.07) is 0. The molecular weight excluding hydrogens is 542 g/mol. The van der Waals surface area contributed by atoms with E-state index in [2.05, 4.69) is 31.2 Å². The predicted octanol–water partition coefficient (Wildman–Crippen LogP) is 3.17. The SMILES string of the molecule is CCCCCCCC/C=C\CCCCCCC(CCCCCCCC/C=C\CCCCCCCC(=O)[O-])C(=O)[O-].[Na+].[Na+]. The number of carboxylic acids is 2. The monoisotopic (exact) mass is 606 g/mol. The van der Waals surface area contributed by atoms with E-state index in [4.69, 9.17) is 0 Å². The van der Waals surface area contributed by atoms with Crippen LogP contribution in [-0.4, -0.2) is 11.9 Å². The first kappa shape index (κ1) is 46.8. The van der Waals surface area contributed by atoms with Crippen LogP contribution in [0.2, 0.25) is 0 Å². The van der Waals surface area contributed by atoms with Crippen LogP contribution in [0.3, 0.4) is 0 Å². The average Bonchev–Trinajstić information content (AvgIpc) is 2.93. The van der Waals surface area contributed by atoms with Gasteiger partial charge in [0.1, 0.15) is 0 Å². The van der Waals surface area contributed by atoms with Crippen molar-refractivity contribution in [2.24, 2.45) is 5.92 Å². The molecule has 0 aromatic rings. The van der Waals surface area contributed by atoms with Gasteiger partial charge in [-0.1, -0.05) is 134 Å². The number of hydrogen-bond acceptors (Lipinski definition) is 4. The Hall–Kier alpha value is 0.420. The Bertz CT molecular complexity index is 622. The zero-order chi connectivity index (χ0) is 29.4. The second-order valence-corrected chi connectivity index (χ2v) is 11.9. The van der Waals surface area contributed by atoms with E-state index in [1.165, 1.54) is 96.3 Å². The zero-order valence-electron chi connectivity index (χ0n) is 28.3. The molecule has 42 heavy (non-hydrogen) atoms. The van der Waals surface area contributed by atoms with Gasteiger partial charge in [0.15, 0.2) is 0 Å². The summed E-state index contributed by atoms with van der Waals surface area (Å²) in [6.07, 6.45) is 40.7. The van der Waals surface area contributed by atoms with E-state index < -0.39 is 11.9 Å². The molecule has 234 valence electrons. The molecule has 0 rings (SSSR count). The summed E-state index contributed by atoms with van der Waals surface area (Å²) in [5.41, 5.74) is 0. The van der Waals surface area contributed by atoms with Gasteiger partial charge >= 0.3 is 59.1 Å². The van der Waals surface area contributed by atoms with Crippen LogP contribution in [0.25, 0.3) is 0 Å². The van der Waals surface area contributed by atoms with Crippen molar-refractivity contribution < 1.29 is 78.9 Å². The van der Waals surface area contributed by atoms with Crippen LogP contribution < -0.4 is 69.3 Å². The molecule has 0 spiro atoms. The van der Waals surface area contributed by atoms with Gasteiger partial charge in [0.25, 0.3) is 0 Å². The first-order valence-electron chi connectivity index (χ1n) is 17.3. The first-order valence-corrected chi connectivity index (χ1v) is 17.3. The molecule has 0 aliphatic carbocycles. The van der Waals surface area contributed by atoms with Gasteiger partial charge in [-0.15, -0.1) is 0 Å². The molecule has 0 radical (unpaired) electrons. The Morgan fingerprint density at radius 2 is 0.786 bits per heavy atom. The summed E-state index contributed by atoms with van der Waals surface area (Å²) in [6.45, 7) is 2.26. The summed E-state index contributed by atoms with van der Waals surface area (Å²) in [4.78, 5) is 21.9. The summed E-state index contributed by atoms with van der Waals surface area (Å²) in [5, 5.41) is 21.9. The molecule has 0 saturated carbocycles. The van der Waals surface area contributed by atoms with Crippen molar-refractivity contribution in [2.75, 3.05) is 0 Å². The number of unbranched alkanes of at least 4 members (excludes halogenated alkanes) is 21. The molecule has 0 fully saturated rings. The fourth-order valence-corrected chi connectivity index (χ4v) is 5.32. The van der Waals surface area contributed by atoms with Crippen LogP contribution in [0.15, 0.2) is 24.3 Å². The molecule has 1 unspecified atom stereocenters. The third kappa shape index (κ3) is 38.4. The number of allylic oxidation sites excluding steroid dienone is 4. The van der Waals surface area contributed by atoms with Gasteiger partial charge in [0, 0.05) is 11.9 Å². The van der Waals surface area contributed by atoms with E-state index in [0.29, 0.717) is 0 Å². The van der Waals surface area contributed by atoms with Crippen molar-refractivity contribution in [1.82, 2.24) is 0 Å². The Morgan fingerprint density at radius 3 is 1.12 bits per heavy atom. The van der Waals surface area contributed by atoms with Crippen LogP contribution in [0.1, 0.15) is 187 Å². The van der Waals surface area contributed by atoms with Gasteiger partial charge in [-0.2, -0.15) is 0 Å². The van der Waals surface area contributed by atoms with E-state index in [9.17, 15) is 19.8 Å². The van der Waals surface area contributed by atoms with Crippen LogP contribution in [0.5, 0.6) is 0 Å². The molecule has 0 aliphatic heterocycles. The van der Waals surface area contributed by atoms with Crippen LogP contribution in [0.4, 0.5) is 0 Å². The summed E-state index contributed by atoms with van der Waals surface area (Å²) >= 11 is 0. The maximum atomic E-state index is 11.5. The predicted molar refractivity (Wildman–Crippen MR) is 167 cm³/mol. The number of hydrogen-bond donors (Lipinski definition) is 0. The van der Waals surface area contributed by atoms with E-state index in [1.54, 1.807) is 0 Å². The quantitative estimate of drug-likeness (QED) is 0.0670. The standard InChI is InChI=1S/C36H66O4.2Na/c1-2-3-4-5-6-7-8-9-13-16-19-22-25-28-31-34(36(39)40)32-29-26-23-20-17-14-11-10-12-15-18-21-24-27-30-33-35(37)38;;/h9-10,12-13,34H,2-8,11,14-33H2,1H3,(H,37,38)(H,39,40);;/q;2*+1/p-2/b12-10-,13-9-;;. The summed E-state index contributed by atoms with van der Waals surface area (Å²) in [5.74, 6) is -2.04. The topological polar surface area (TPSA) is 80.3 Å². The van der Waals surface area contributed by atoms with Crippen LogP contribution >= 0.6 is 0 Å². The van der Waals surface area contributed by atoms with E-state index >= 15 is 0 Å². The molecule has 0 bridgehead atoms. The maximum Gasteiger partial charge on any atom is 1.00 e. The fraction of sp³-hybridized carbons (Fsp3) is 0.833. The first-order chi connectivity index (χ1) is 19.6. The number of rotatable bonds is 32. The smallest absolute Gasteiger partial charge is 0.550 e. The van der Waals surface area contributed by atoms with Gasteiger partial charge in [-0.05, 0) is 83.0 Å². The van der Waals surface area contributed by atoms with Crippen molar-refractivity contribution in [1.29, 1.82) is 0 Å². The molecule has 0 aromatic carbocycles. The van der Waals surface area contributed by atoms with E-state index in [-0.39, 0.29) is 71.5 Å². The molecular formula is C36H64Na2O4. The molecule has 1 atom stereocenters. The largest absolute Gasteiger partial charge is 1.00 e. The Kier molecular flexibility index (Phi) is 44.0. The van der Waals surface area contributed by atoms with Gasteiger partial charge in [-0.3, -0.25) is 0 Å². The van der Waals surface area contributed by atoms with Gasteiger partial charge < -0.3 is 19.8 Å². The molecule has 0 aliphatic rings. The van der Waals surface area contributed by atoms with Crippen molar-refractivity contribution in [3.63, 3.8) is 0 Å². The molecule has 6 heteroatoms. The number of carbonyl (C=O) groups excluding carboxylic acids is 2. The molecule has 4 nitrogen and oxygen atoms in total. The minimum atomic E-state index is -0.934. The van der Waals surface area contributed by atoms with Gasteiger partial charge in [0.2, 0.25) is 0 Å². The molecule has 0 aromatic heterocycles. The third-order valence-electron chi connectivity index (χ3n) is 7.99. The van der Waals surface area contributed by atoms with Crippen molar-refractivity contribution in [3.05, 3.63) is 24.3 Å². The van der Waals surface area contributed by atoms with Crippen LogP contribution in [0, 0.1) is 5.92 Å². The van der Waals surface area contributed by atoms with E-state index in [1.807, 2.05) is 0 Å². The van der Waals surface area contributed by atoms with Crippen molar-refractivity contribution >= 4 is 11.9 Å². The van der Waals surface area contributed by atoms with Crippen LogP contribution in [-0.2, 0) is 9.59 Å². The van der Waals surface area contributed by atoms with Crippen molar-refractivity contribution in [2.45, 2.75) is 187 Å². The number of carboxylic acid groups (broad SMARTS) is 2. The Morgan fingerprint density at radius 1 is 0.476 bits per heavy atom. The molecule has 0 saturated heterocycles. The molecule has 0 heterocycles. The maximum absolute atomic E-state index is 11.5. The zero-order valence-corrected chi connectivity index (χ0v) is 32.3. The Labute approximate surface area is 305 Å². The number of aliphatic carboxylic acids is 2. The number of carbonyl (C=O) groups is 2. The molecule has 0 N–H and O–H groups in total. The second-order valence-electron chi connectivity index (χ2n) is 11.9. The summed E-state index contributed by atoms with van der Waals surface area (Å²) in [7, 11) is 0. The third-order valence-corrected chi connectivity index (χ3v) is 7.99. The normalized spacial score (nSPS) is 11.9. The fourth-order valence-electron chi connectivity index (χ4n) is 5.32. The minimum absolute atomic E-state index is 0. The van der Waals surface area contributed by atoms with E-state index in [0.717, 1.165) is 77.0 Å². The average molecular weight is 607 g/mol. The van der Waals surface area contributed by atoms with Gasteiger partial charge in [-0.25, -0.2) is 0 Å². The molecule has 0 amide bonds. The summed E-state index contributed by atoms with van der Waals surface area (Å²) < 4.78 is 0. The Balaban J connectivity index is -0.00000760.